The molecule has 0 saturated carbocycles. The highest BCUT2D eigenvalue weighted by atomic mass is 79.9. The predicted octanol–water partition coefficient (Wildman–Crippen LogP) is 2.53. The van der Waals surface area contributed by atoms with Gasteiger partial charge in [0.05, 0.1) is 23.0 Å². The van der Waals surface area contributed by atoms with Crippen LogP contribution in [0.1, 0.15) is 17.3 Å². The molecule has 0 spiro atoms. The Morgan fingerprint density at radius 2 is 2.28 bits per heavy atom. The zero-order chi connectivity index (χ0) is 13.3. The Hall–Kier alpha value is -0.950. The van der Waals surface area contributed by atoms with Crippen molar-refractivity contribution in [3.05, 3.63) is 51.0 Å². The average molecular weight is 334 g/mol. The number of benzene rings is 1. The topological polar surface area (TPSA) is 55.9 Å². The van der Waals surface area contributed by atoms with E-state index in [1.807, 2.05) is 0 Å². The van der Waals surface area contributed by atoms with Crippen molar-refractivity contribution in [2.45, 2.75) is 6.04 Å². The van der Waals surface area contributed by atoms with Crippen LogP contribution in [0.3, 0.4) is 0 Å². The lowest BCUT2D eigenvalue weighted by Crippen LogP contribution is -2.31. The van der Waals surface area contributed by atoms with Crippen LogP contribution in [-0.2, 0) is 7.05 Å². The third-order valence-corrected chi connectivity index (χ3v) is 3.66. The summed E-state index contributed by atoms with van der Waals surface area (Å²) in [5.41, 5.74) is 3.96. The molecule has 0 aliphatic carbocycles. The molecule has 0 fully saturated rings. The summed E-state index contributed by atoms with van der Waals surface area (Å²) in [6.07, 6.45) is 1.52. The third-order valence-electron chi connectivity index (χ3n) is 2.65. The fraction of sp³-hybridized carbons (Fsp3) is 0.182. The number of hydrogen-bond acceptors (Lipinski definition) is 3. The Morgan fingerprint density at radius 1 is 1.56 bits per heavy atom. The number of nitrogens with two attached hydrogens (primary N) is 1. The van der Waals surface area contributed by atoms with E-state index in [0.717, 1.165) is 4.47 Å². The van der Waals surface area contributed by atoms with Gasteiger partial charge in [-0.2, -0.15) is 5.10 Å². The second kappa shape index (κ2) is 5.36. The molecule has 7 heteroatoms. The van der Waals surface area contributed by atoms with Crippen LogP contribution < -0.4 is 11.3 Å². The molecule has 2 rings (SSSR count). The van der Waals surface area contributed by atoms with Gasteiger partial charge in [-0.05, 0) is 23.8 Å². The number of hydrazine groups is 1. The highest BCUT2D eigenvalue weighted by molar-refractivity contribution is 9.10. The molecule has 1 atom stereocenters. The molecule has 18 heavy (non-hydrogen) atoms. The molecule has 1 unspecified atom stereocenters. The van der Waals surface area contributed by atoms with E-state index >= 15 is 0 Å². The van der Waals surface area contributed by atoms with Gasteiger partial charge in [0.15, 0.2) is 0 Å². The molecule has 96 valence electrons. The van der Waals surface area contributed by atoms with Gasteiger partial charge in [-0.25, -0.2) is 9.82 Å². The summed E-state index contributed by atoms with van der Waals surface area (Å²) < 4.78 is 15.7. The van der Waals surface area contributed by atoms with E-state index < -0.39 is 6.04 Å². The largest absolute Gasteiger partial charge is 0.271 e. The fourth-order valence-electron chi connectivity index (χ4n) is 1.80. The highest BCUT2D eigenvalue weighted by Gasteiger charge is 2.22. The Balaban J connectivity index is 2.55. The summed E-state index contributed by atoms with van der Waals surface area (Å²) in [6.45, 7) is 0. The Kier molecular flexibility index (Phi) is 4.01. The predicted molar refractivity (Wildman–Crippen MR) is 71.5 cm³/mol. The number of halogens is 3. The average Bonchev–Trinajstić information content (AvgIpc) is 2.66. The van der Waals surface area contributed by atoms with Gasteiger partial charge in [0, 0.05) is 11.5 Å². The zero-order valence-corrected chi connectivity index (χ0v) is 11.8. The first-order valence-corrected chi connectivity index (χ1v) is 6.30. The van der Waals surface area contributed by atoms with Crippen molar-refractivity contribution in [2.24, 2.45) is 12.9 Å². The molecule has 0 radical (unpaired) electrons. The number of nitrogens with one attached hydrogen (secondary N) is 1. The normalized spacial score (nSPS) is 12.7. The van der Waals surface area contributed by atoms with Crippen LogP contribution in [0.4, 0.5) is 4.39 Å². The monoisotopic (exact) mass is 332 g/mol. The van der Waals surface area contributed by atoms with Crippen LogP contribution in [0, 0.1) is 5.82 Å². The summed E-state index contributed by atoms with van der Waals surface area (Å²) in [5, 5.41) is 4.51. The Labute approximate surface area is 117 Å². The van der Waals surface area contributed by atoms with Crippen LogP contribution in [0.5, 0.6) is 0 Å². The summed E-state index contributed by atoms with van der Waals surface area (Å²) >= 11 is 9.44. The van der Waals surface area contributed by atoms with Crippen molar-refractivity contribution in [3.8, 4) is 0 Å². The van der Waals surface area contributed by atoms with Crippen LogP contribution in [0.2, 0.25) is 5.02 Å². The quantitative estimate of drug-likeness (QED) is 0.670. The Bertz CT molecular complexity index is 553. The highest BCUT2D eigenvalue weighted by Crippen LogP contribution is 2.32. The molecule has 0 amide bonds. The minimum Gasteiger partial charge on any atom is -0.271 e. The summed E-state index contributed by atoms with van der Waals surface area (Å²) in [5.74, 6) is 5.22. The van der Waals surface area contributed by atoms with Gasteiger partial charge in [-0.15, -0.1) is 0 Å². The SMILES string of the molecule is Cn1ncc(Cl)c1C(NN)c1cc(F)ccc1Br. The maximum atomic E-state index is 13.3. The summed E-state index contributed by atoms with van der Waals surface area (Å²) in [4.78, 5) is 0. The van der Waals surface area contributed by atoms with Gasteiger partial charge in [-0.1, -0.05) is 27.5 Å². The summed E-state index contributed by atoms with van der Waals surface area (Å²) in [6, 6.07) is 3.94. The zero-order valence-electron chi connectivity index (χ0n) is 9.49. The van der Waals surface area contributed by atoms with Crippen molar-refractivity contribution >= 4 is 27.5 Å². The number of nitrogens with zero attached hydrogens (tertiary/aromatic N) is 2. The first-order chi connectivity index (χ1) is 8.54. The van der Waals surface area contributed by atoms with Crippen molar-refractivity contribution in [2.75, 3.05) is 0 Å². The van der Waals surface area contributed by atoms with Crippen LogP contribution in [0.25, 0.3) is 0 Å². The smallest absolute Gasteiger partial charge is 0.123 e. The van der Waals surface area contributed by atoms with Crippen molar-refractivity contribution < 1.29 is 4.39 Å². The number of hydrogen-bond donors (Lipinski definition) is 2. The molecule has 1 heterocycles. The van der Waals surface area contributed by atoms with E-state index in [4.69, 9.17) is 17.4 Å². The molecule has 1 aromatic carbocycles. The third kappa shape index (κ3) is 2.42. The second-order valence-electron chi connectivity index (χ2n) is 3.77. The van der Waals surface area contributed by atoms with Crippen molar-refractivity contribution in [3.63, 3.8) is 0 Å². The van der Waals surface area contributed by atoms with Gasteiger partial charge in [0.2, 0.25) is 0 Å². The molecule has 0 saturated heterocycles. The minimum absolute atomic E-state index is 0.341. The number of aryl methyl sites for hydroxylation is 1. The lowest BCUT2D eigenvalue weighted by molar-refractivity contribution is 0.565. The van der Waals surface area contributed by atoms with Crippen molar-refractivity contribution in [1.82, 2.24) is 15.2 Å². The molecular weight excluding hydrogens is 323 g/mol. The molecular formula is C11H11BrClFN4. The van der Waals surface area contributed by atoms with E-state index in [1.165, 1.54) is 18.3 Å². The molecule has 0 aliphatic heterocycles. The Morgan fingerprint density at radius 3 is 2.83 bits per heavy atom. The molecule has 2 aromatic rings. The van der Waals surface area contributed by atoms with E-state index in [1.54, 1.807) is 17.8 Å². The number of aromatic nitrogens is 2. The van der Waals surface area contributed by atoms with Gasteiger partial charge >= 0.3 is 0 Å². The molecule has 0 bridgehead atoms. The molecule has 4 nitrogen and oxygen atoms in total. The van der Waals surface area contributed by atoms with Gasteiger partial charge in [-0.3, -0.25) is 10.5 Å². The number of rotatable bonds is 3. The van der Waals surface area contributed by atoms with Crippen LogP contribution >= 0.6 is 27.5 Å². The molecule has 0 aliphatic rings. The summed E-state index contributed by atoms with van der Waals surface area (Å²) in [7, 11) is 1.75. The van der Waals surface area contributed by atoms with E-state index in [9.17, 15) is 4.39 Å². The van der Waals surface area contributed by atoms with Crippen molar-refractivity contribution in [1.29, 1.82) is 0 Å². The van der Waals surface area contributed by atoms with Crippen LogP contribution in [0.15, 0.2) is 28.9 Å². The van der Waals surface area contributed by atoms with E-state index in [0.29, 0.717) is 16.3 Å². The fourth-order valence-corrected chi connectivity index (χ4v) is 2.55. The standard InChI is InChI=1S/C11H11BrClFN4/c1-18-11(9(13)5-16-18)10(17-15)7-4-6(14)2-3-8(7)12/h2-5,10,17H,15H2,1H3. The first kappa shape index (κ1) is 13.5. The maximum Gasteiger partial charge on any atom is 0.123 e. The van der Waals surface area contributed by atoms with Gasteiger partial charge < -0.3 is 0 Å². The molecule has 3 N–H and O–H groups in total. The molecule has 1 aromatic heterocycles. The van der Waals surface area contributed by atoms with Gasteiger partial charge in [0.25, 0.3) is 0 Å². The lowest BCUT2D eigenvalue weighted by atomic mass is 10.0. The second-order valence-corrected chi connectivity index (χ2v) is 5.03. The van der Waals surface area contributed by atoms with E-state index in [-0.39, 0.29) is 5.82 Å². The maximum absolute atomic E-state index is 13.3. The lowest BCUT2D eigenvalue weighted by Gasteiger charge is -2.18. The minimum atomic E-state index is -0.449. The van der Waals surface area contributed by atoms with E-state index in [2.05, 4.69) is 26.5 Å². The van der Waals surface area contributed by atoms with Crippen LogP contribution in [-0.4, -0.2) is 9.78 Å². The first-order valence-electron chi connectivity index (χ1n) is 5.13. The van der Waals surface area contributed by atoms with Gasteiger partial charge in [0.1, 0.15) is 5.82 Å².